The first-order valence-electron chi connectivity index (χ1n) is 9.03. The number of thiazole rings is 1. The molecular formula is C19H20BrClFN3O3S. The van der Waals surface area contributed by atoms with Crippen molar-refractivity contribution in [1.82, 2.24) is 9.88 Å². The first-order valence-corrected chi connectivity index (χ1v) is 10.6. The Morgan fingerprint density at radius 2 is 2.07 bits per heavy atom. The summed E-state index contributed by atoms with van der Waals surface area (Å²) >= 11 is 4.54. The van der Waals surface area contributed by atoms with Gasteiger partial charge in [0, 0.05) is 26.2 Å². The molecule has 1 aliphatic heterocycles. The van der Waals surface area contributed by atoms with E-state index >= 15 is 0 Å². The van der Waals surface area contributed by atoms with Gasteiger partial charge < -0.3 is 9.15 Å². The Kier molecular flexibility index (Phi) is 7.64. The van der Waals surface area contributed by atoms with Crippen LogP contribution in [0.3, 0.4) is 0 Å². The molecule has 1 amide bonds. The van der Waals surface area contributed by atoms with Gasteiger partial charge in [-0.05, 0) is 52.7 Å². The van der Waals surface area contributed by atoms with Gasteiger partial charge in [0.15, 0.2) is 15.6 Å². The second-order valence-corrected chi connectivity index (χ2v) is 8.27. The van der Waals surface area contributed by atoms with Crippen molar-refractivity contribution in [3.05, 3.63) is 46.6 Å². The van der Waals surface area contributed by atoms with Gasteiger partial charge in [-0.25, -0.2) is 9.37 Å². The van der Waals surface area contributed by atoms with E-state index in [4.69, 9.17) is 9.15 Å². The maximum atomic E-state index is 13.5. The molecule has 3 aromatic rings. The molecule has 0 radical (unpaired) electrons. The van der Waals surface area contributed by atoms with Gasteiger partial charge in [0.25, 0.3) is 5.91 Å². The number of amides is 1. The molecular weight excluding hydrogens is 485 g/mol. The summed E-state index contributed by atoms with van der Waals surface area (Å²) in [5.74, 6) is -0.334. The van der Waals surface area contributed by atoms with E-state index in [1.54, 1.807) is 23.1 Å². The minimum Gasteiger partial charge on any atom is -0.444 e. The van der Waals surface area contributed by atoms with E-state index < -0.39 is 0 Å². The number of anilines is 1. The molecule has 1 aromatic carbocycles. The van der Waals surface area contributed by atoms with Crippen molar-refractivity contribution in [2.45, 2.75) is 6.42 Å². The number of carbonyl (C=O) groups excluding carboxylic acids is 1. The number of aromatic nitrogens is 1. The number of rotatable bonds is 6. The van der Waals surface area contributed by atoms with E-state index in [9.17, 15) is 9.18 Å². The van der Waals surface area contributed by atoms with E-state index in [0.717, 1.165) is 39.3 Å². The number of ether oxygens (including phenoxy) is 1. The van der Waals surface area contributed by atoms with Crippen LogP contribution in [0.4, 0.5) is 9.52 Å². The van der Waals surface area contributed by atoms with Gasteiger partial charge >= 0.3 is 0 Å². The van der Waals surface area contributed by atoms with Crippen molar-refractivity contribution in [3.8, 4) is 0 Å². The van der Waals surface area contributed by atoms with Crippen LogP contribution in [0, 0.1) is 5.82 Å². The smallest absolute Gasteiger partial charge is 0.295 e. The Balaban J connectivity index is 0.00000240. The third-order valence-corrected chi connectivity index (χ3v) is 6.03. The van der Waals surface area contributed by atoms with E-state index in [1.165, 1.54) is 23.5 Å². The van der Waals surface area contributed by atoms with Crippen molar-refractivity contribution in [1.29, 1.82) is 0 Å². The summed E-state index contributed by atoms with van der Waals surface area (Å²) in [6.07, 6.45) is 0.790. The van der Waals surface area contributed by atoms with Gasteiger partial charge in [-0.15, -0.1) is 12.4 Å². The van der Waals surface area contributed by atoms with Gasteiger partial charge in [-0.2, -0.15) is 0 Å². The fourth-order valence-corrected chi connectivity index (χ4v) is 4.45. The molecule has 10 heteroatoms. The number of carbonyl (C=O) groups is 1. The number of halogens is 3. The molecule has 0 aliphatic carbocycles. The molecule has 1 saturated heterocycles. The molecule has 0 N–H and O–H groups in total. The topological polar surface area (TPSA) is 58.8 Å². The van der Waals surface area contributed by atoms with Gasteiger partial charge in [0.1, 0.15) is 5.82 Å². The molecule has 1 fully saturated rings. The monoisotopic (exact) mass is 503 g/mol. The highest BCUT2D eigenvalue weighted by Crippen LogP contribution is 2.31. The van der Waals surface area contributed by atoms with E-state index in [2.05, 4.69) is 25.8 Å². The number of hydrogen-bond acceptors (Lipinski definition) is 6. The lowest BCUT2D eigenvalue weighted by atomic mass is 10.3. The average Bonchev–Trinajstić information content (AvgIpc) is 3.31. The quantitative estimate of drug-likeness (QED) is 0.492. The van der Waals surface area contributed by atoms with Crippen molar-refractivity contribution in [2.75, 3.05) is 44.3 Å². The number of furan rings is 1. The van der Waals surface area contributed by atoms with Crippen LogP contribution in [-0.2, 0) is 4.74 Å². The molecule has 6 nitrogen and oxygen atoms in total. The Morgan fingerprint density at radius 3 is 2.79 bits per heavy atom. The summed E-state index contributed by atoms with van der Waals surface area (Å²) in [6, 6.07) is 7.77. The highest BCUT2D eigenvalue weighted by molar-refractivity contribution is 9.10. The Bertz CT molecular complexity index is 977. The zero-order valence-electron chi connectivity index (χ0n) is 15.5. The summed E-state index contributed by atoms with van der Waals surface area (Å²) in [5, 5.41) is 0.542. The second-order valence-electron chi connectivity index (χ2n) is 6.48. The molecule has 1 aliphatic rings. The van der Waals surface area contributed by atoms with Crippen molar-refractivity contribution >= 4 is 60.9 Å². The van der Waals surface area contributed by atoms with Gasteiger partial charge in [-0.1, -0.05) is 11.3 Å². The molecule has 2 aromatic heterocycles. The maximum Gasteiger partial charge on any atom is 0.295 e. The van der Waals surface area contributed by atoms with Crippen LogP contribution < -0.4 is 4.90 Å². The standard InChI is InChI=1S/C19H19BrFN3O3S.ClH/c20-17-5-4-15(27-17)18(25)24(7-1-6-23-8-10-26-11-9-23)19-22-14-3-2-13(21)12-16(14)28-19;/h2-5,12H,1,6-11H2;1H. The molecule has 0 bridgehead atoms. The molecule has 4 rings (SSSR count). The fraction of sp³-hybridized carbons (Fsp3) is 0.368. The molecule has 3 heterocycles. The first-order chi connectivity index (χ1) is 13.6. The van der Waals surface area contributed by atoms with Crippen molar-refractivity contribution in [3.63, 3.8) is 0 Å². The number of morpholine rings is 1. The maximum absolute atomic E-state index is 13.5. The van der Waals surface area contributed by atoms with Crippen LogP contribution in [0.5, 0.6) is 0 Å². The minimum atomic E-state index is -0.317. The van der Waals surface area contributed by atoms with E-state index in [0.29, 0.717) is 26.6 Å². The molecule has 156 valence electrons. The summed E-state index contributed by atoms with van der Waals surface area (Å²) in [4.78, 5) is 21.5. The van der Waals surface area contributed by atoms with Crippen molar-refractivity contribution < 1.29 is 18.3 Å². The molecule has 0 atom stereocenters. The van der Waals surface area contributed by atoms with Crippen LogP contribution in [0.25, 0.3) is 10.2 Å². The fourth-order valence-electron chi connectivity index (χ4n) is 3.13. The zero-order chi connectivity index (χ0) is 19.5. The van der Waals surface area contributed by atoms with E-state index in [1.807, 2.05) is 0 Å². The lowest BCUT2D eigenvalue weighted by molar-refractivity contribution is 0.0376. The van der Waals surface area contributed by atoms with Gasteiger partial charge in [0.2, 0.25) is 0 Å². The Labute approximate surface area is 186 Å². The zero-order valence-corrected chi connectivity index (χ0v) is 18.7. The predicted octanol–water partition coefficient (Wildman–Crippen LogP) is 4.58. The predicted molar refractivity (Wildman–Crippen MR) is 117 cm³/mol. The van der Waals surface area contributed by atoms with Crippen LogP contribution in [0.2, 0.25) is 0 Å². The number of hydrogen-bond donors (Lipinski definition) is 0. The number of fused-ring (bicyclic) bond motifs is 1. The highest BCUT2D eigenvalue weighted by Gasteiger charge is 2.24. The first kappa shape index (κ1) is 22.2. The highest BCUT2D eigenvalue weighted by atomic mass is 79.9. The van der Waals surface area contributed by atoms with Gasteiger partial charge in [-0.3, -0.25) is 14.6 Å². The normalized spacial score (nSPS) is 14.7. The lowest BCUT2D eigenvalue weighted by Gasteiger charge is -2.27. The summed E-state index contributed by atoms with van der Waals surface area (Å²) in [6.45, 7) is 4.66. The van der Waals surface area contributed by atoms with Crippen LogP contribution in [-0.4, -0.2) is 55.2 Å². The Hall–Kier alpha value is -1.52. The second kappa shape index (κ2) is 9.99. The lowest BCUT2D eigenvalue weighted by Crippen LogP contribution is -2.39. The number of benzene rings is 1. The van der Waals surface area contributed by atoms with Gasteiger partial charge in [0.05, 0.1) is 23.4 Å². The average molecular weight is 505 g/mol. The minimum absolute atomic E-state index is 0. The van der Waals surface area contributed by atoms with Crippen LogP contribution in [0.15, 0.2) is 39.4 Å². The van der Waals surface area contributed by atoms with Crippen LogP contribution in [0.1, 0.15) is 17.0 Å². The van der Waals surface area contributed by atoms with Crippen LogP contribution >= 0.6 is 39.7 Å². The molecule has 0 spiro atoms. The summed E-state index contributed by atoms with van der Waals surface area (Å²) in [5.41, 5.74) is 0.674. The summed E-state index contributed by atoms with van der Waals surface area (Å²) in [7, 11) is 0. The molecule has 0 saturated carbocycles. The van der Waals surface area contributed by atoms with Crippen molar-refractivity contribution in [2.24, 2.45) is 0 Å². The van der Waals surface area contributed by atoms with E-state index in [-0.39, 0.29) is 29.9 Å². The third kappa shape index (κ3) is 5.35. The largest absolute Gasteiger partial charge is 0.444 e. The number of nitrogens with zero attached hydrogens (tertiary/aromatic N) is 3. The Morgan fingerprint density at radius 1 is 1.28 bits per heavy atom. The third-order valence-electron chi connectivity index (χ3n) is 4.56. The molecule has 0 unspecified atom stereocenters. The molecule has 29 heavy (non-hydrogen) atoms. The SMILES string of the molecule is Cl.O=C(c1ccc(Br)o1)N(CCCN1CCOCC1)c1nc2ccc(F)cc2s1. The summed E-state index contributed by atoms with van der Waals surface area (Å²) < 4.78 is 25.6.